The van der Waals surface area contributed by atoms with Gasteiger partial charge in [-0.1, -0.05) is 35.0 Å². The quantitative estimate of drug-likeness (QED) is 0.749. The lowest BCUT2D eigenvalue weighted by Gasteiger charge is -2.14. The SMILES string of the molecule is CC(CCC=NC(=O)C1=NN2C(=CNC2C)S1)c1ccc(Br)cc1. The first-order chi connectivity index (χ1) is 11.5. The van der Waals surface area contributed by atoms with Crippen molar-refractivity contribution in [3.63, 3.8) is 0 Å². The number of rotatable bonds is 5. The Bertz CT molecular complexity index is 714. The molecule has 24 heavy (non-hydrogen) atoms. The number of amides is 1. The summed E-state index contributed by atoms with van der Waals surface area (Å²) in [6, 6.07) is 8.35. The third kappa shape index (κ3) is 3.89. The van der Waals surface area contributed by atoms with Crippen LogP contribution in [0.4, 0.5) is 0 Å². The zero-order chi connectivity index (χ0) is 17.1. The van der Waals surface area contributed by atoms with Crippen LogP contribution in [-0.2, 0) is 4.79 Å². The fourth-order valence-electron chi connectivity index (χ4n) is 2.52. The van der Waals surface area contributed by atoms with Crippen LogP contribution in [0.15, 0.2) is 50.1 Å². The first-order valence-electron chi connectivity index (χ1n) is 7.89. The van der Waals surface area contributed by atoms with Crippen molar-refractivity contribution in [3.05, 3.63) is 45.5 Å². The number of hydrogen-bond acceptors (Lipinski definition) is 5. The normalized spacial score (nSPS) is 20.6. The van der Waals surface area contributed by atoms with Crippen molar-refractivity contribution >= 4 is 44.9 Å². The van der Waals surface area contributed by atoms with Crippen LogP contribution in [0.5, 0.6) is 0 Å². The molecule has 0 fully saturated rings. The molecular weight excluding hydrogens is 388 g/mol. The Labute approximate surface area is 154 Å². The molecule has 2 atom stereocenters. The van der Waals surface area contributed by atoms with E-state index in [-0.39, 0.29) is 12.1 Å². The summed E-state index contributed by atoms with van der Waals surface area (Å²) in [6.07, 6.45) is 5.40. The van der Waals surface area contributed by atoms with Crippen molar-refractivity contribution in [3.8, 4) is 0 Å². The highest BCUT2D eigenvalue weighted by molar-refractivity contribution is 9.10. The first kappa shape index (κ1) is 17.2. The Kier molecular flexibility index (Phi) is 5.40. The molecule has 5 nitrogen and oxygen atoms in total. The molecule has 0 aliphatic carbocycles. The summed E-state index contributed by atoms with van der Waals surface area (Å²) in [7, 11) is 0. The van der Waals surface area contributed by atoms with Crippen LogP contribution < -0.4 is 5.32 Å². The van der Waals surface area contributed by atoms with E-state index >= 15 is 0 Å². The van der Waals surface area contributed by atoms with E-state index in [4.69, 9.17) is 0 Å². The van der Waals surface area contributed by atoms with Gasteiger partial charge >= 0.3 is 5.91 Å². The summed E-state index contributed by atoms with van der Waals surface area (Å²) in [5, 5.41) is 10.7. The van der Waals surface area contributed by atoms with Gasteiger partial charge in [0.1, 0.15) is 11.2 Å². The highest BCUT2D eigenvalue weighted by Gasteiger charge is 2.32. The maximum Gasteiger partial charge on any atom is 0.304 e. The van der Waals surface area contributed by atoms with Crippen LogP contribution in [0, 0.1) is 0 Å². The van der Waals surface area contributed by atoms with Crippen molar-refractivity contribution in [2.45, 2.75) is 38.8 Å². The van der Waals surface area contributed by atoms with E-state index in [2.05, 4.69) is 62.5 Å². The predicted molar refractivity (Wildman–Crippen MR) is 103 cm³/mol. The second-order valence-corrected chi connectivity index (χ2v) is 7.75. The second kappa shape index (κ2) is 7.53. The van der Waals surface area contributed by atoms with E-state index in [1.807, 2.05) is 18.1 Å². The monoisotopic (exact) mass is 406 g/mol. The van der Waals surface area contributed by atoms with E-state index in [1.54, 1.807) is 6.21 Å². The molecule has 1 aromatic rings. The summed E-state index contributed by atoms with van der Waals surface area (Å²) >= 11 is 4.81. The number of nitrogens with zero attached hydrogens (tertiary/aromatic N) is 3. The van der Waals surface area contributed by atoms with Gasteiger partial charge in [-0.3, -0.25) is 4.79 Å². The lowest BCUT2D eigenvalue weighted by atomic mass is 9.97. The number of halogens is 1. The standard InChI is InChI=1S/C17H19BrN4OS/c1-11(13-5-7-14(18)8-6-13)4-3-9-19-16(23)17-21-22-12(2)20-10-15(22)24-17/h5-12,20H,3-4H2,1-2H3. The third-order valence-electron chi connectivity index (χ3n) is 4.00. The van der Waals surface area contributed by atoms with Gasteiger partial charge in [0.2, 0.25) is 0 Å². The Hall–Kier alpha value is -1.60. The number of carbonyl (C=O) groups is 1. The fraction of sp³-hybridized carbons (Fsp3) is 0.353. The molecular formula is C17H19BrN4OS. The molecule has 2 aliphatic rings. The molecule has 2 aliphatic heterocycles. The summed E-state index contributed by atoms with van der Waals surface area (Å²) in [5.74, 6) is 0.166. The highest BCUT2D eigenvalue weighted by Crippen LogP contribution is 2.34. The maximum absolute atomic E-state index is 12.1. The van der Waals surface area contributed by atoms with Gasteiger partial charge in [0.25, 0.3) is 0 Å². The van der Waals surface area contributed by atoms with E-state index in [1.165, 1.54) is 17.3 Å². The number of nitrogens with one attached hydrogen (secondary N) is 1. The van der Waals surface area contributed by atoms with Crippen molar-refractivity contribution in [1.29, 1.82) is 0 Å². The molecule has 1 N–H and O–H groups in total. The smallest absolute Gasteiger partial charge is 0.304 e. The summed E-state index contributed by atoms with van der Waals surface area (Å²) in [6.45, 7) is 4.18. The number of benzene rings is 1. The van der Waals surface area contributed by atoms with Gasteiger partial charge in [0, 0.05) is 16.9 Å². The van der Waals surface area contributed by atoms with Gasteiger partial charge in [0.05, 0.1) is 0 Å². The molecule has 0 bridgehead atoms. The lowest BCUT2D eigenvalue weighted by Crippen LogP contribution is -2.28. The van der Waals surface area contributed by atoms with E-state index in [0.717, 1.165) is 22.3 Å². The Morgan fingerprint density at radius 3 is 2.96 bits per heavy atom. The second-order valence-electron chi connectivity index (χ2n) is 5.82. The molecule has 7 heteroatoms. The minimum atomic E-state index is -0.265. The van der Waals surface area contributed by atoms with Crippen LogP contribution in [0.3, 0.4) is 0 Å². The Morgan fingerprint density at radius 2 is 2.25 bits per heavy atom. The average molecular weight is 407 g/mol. The number of hydrogen-bond donors (Lipinski definition) is 1. The molecule has 0 saturated carbocycles. The topological polar surface area (TPSA) is 57.1 Å². The van der Waals surface area contributed by atoms with Crippen LogP contribution >= 0.6 is 27.7 Å². The zero-order valence-corrected chi connectivity index (χ0v) is 16.0. The number of carbonyl (C=O) groups excluding carboxylic acids is 1. The minimum absolute atomic E-state index is 0.0912. The minimum Gasteiger partial charge on any atom is -0.368 e. The van der Waals surface area contributed by atoms with E-state index < -0.39 is 0 Å². The largest absolute Gasteiger partial charge is 0.368 e. The lowest BCUT2D eigenvalue weighted by molar-refractivity contribution is -0.111. The third-order valence-corrected chi connectivity index (χ3v) is 5.49. The molecule has 2 unspecified atom stereocenters. The highest BCUT2D eigenvalue weighted by atomic mass is 79.9. The van der Waals surface area contributed by atoms with Gasteiger partial charge in [-0.15, -0.1) is 0 Å². The van der Waals surface area contributed by atoms with Crippen LogP contribution in [-0.4, -0.2) is 28.3 Å². The molecule has 126 valence electrons. The fourth-order valence-corrected chi connectivity index (χ4v) is 3.67. The molecule has 3 rings (SSSR count). The molecule has 0 saturated heterocycles. The first-order valence-corrected chi connectivity index (χ1v) is 9.50. The number of fused-ring (bicyclic) bond motifs is 1. The van der Waals surface area contributed by atoms with Gasteiger partial charge in [-0.05, 0) is 55.1 Å². The van der Waals surface area contributed by atoms with E-state index in [9.17, 15) is 4.79 Å². The van der Waals surface area contributed by atoms with Crippen LogP contribution in [0.25, 0.3) is 0 Å². The molecule has 0 radical (unpaired) electrons. The van der Waals surface area contributed by atoms with Crippen LogP contribution in [0.2, 0.25) is 0 Å². The van der Waals surface area contributed by atoms with Crippen molar-refractivity contribution < 1.29 is 4.79 Å². The average Bonchev–Trinajstić information content (AvgIpc) is 3.14. The molecule has 2 heterocycles. The molecule has 1 amide bonds. The van der Waals surface area contributed by atoms with Gasteiger partial charge < -0.3 is 5.32 Å². The van der Waals surface area contributed by atoms with Gasteiger partial charge in [-0.2, -0.15) is 5.10 Å². The summed E-state index contributed by atoms with van der Waals surface area (Å²) in [5.41, 5.74) is 1.29. The zero-order valence-electron chi connectivity index (χ0n) is 13.6. The van der Waals surface area contributed by atoms with E-state index in [0.29, 0.717) is 11.0 Å². The number of hydrazone groups is 1. The van der Waals surface area contributed by atoms with Gasteiger partial charge in [0.15, 0.2) is 5.04 Å². The summed E-state index contributed by atoms with van der Waals surface area (Å²) < 4.78 is 1.08. The Balaban J connectivity index is 1.48. The Morgan fingerprint density at radius 1 is 1.50 bits per heavy atom. The van der Waals surface area contributed by atoms with Crippen molar-refractivity contribution in [1.82, 2.24) is 10.3 Å². The van der Waals surface area contributed by atoms with Gasteiger partial charge in [-0.25, -0.2) is 10.0 Å². The van der Waals surface area contributed by atoms with Crippen molar-refractivity contribution in [2.24, 2.45) is 10.1 Å². The summed E-state index contributed by atoms with van der Waals surface area (Å²) in [4.78, 5) is 16.1. The predicted octanol–water partition coefficient (Wildman–Crippen LogP) is 4.04. The number of thioether (sulfide) groups is 1. The maximum atomic E-state index is 12.1. The van der Waals surface area contributed by atoms with Crippen molar-refractivity contribution in [2.75, 3.05) is 0 Å². The molecule has 0 aromatic heterocycles. The molecule has 1 aromatic carbocycles. The number of aliphatic imine (C=N–C) groups is 1. The molecule has 0 spiro atoms. The van der Waals surface area contributed by atoms with Crippen LogP contribution in [0.1, 0.15) is 38.2 Å².